The summed E-state index contributed by atoms with van der Waals surface area (Å²) in [7, 11) is 2.06. The number of alkyl halides is 1. The van der Waals surface area contributed by atoms with Crippen molar-refractivity contribution >= 4 is 16.9 Å². The second kappa shape index (κ2) is 10.3. The number of fused-ring (bicyclic) bond motifs is 1. The first-order valence-electron chi connectivity index (χ1n) is 9.52. The number of halogens is 1. The zero-order valence-corrected chi connectivity index (χ0v) is 15.7. The summed E-state index contributed by atoms with van der Waals surface area (Å²) in [5.41, 5.74) is 9.15. The van der Waals surface area contributed by atoms with Crippen LogP contribution in [0.2, 0.25) is 0 Å². The van der Waals surface area contributed by atoms with Gasteiger partial charge < -0.3 is 15.6 Å². The molecule has 0 atom stereocenters. The van der Waals surface area contributed by atoms with Gasteiger partial charge in [0.15, 0.2) is 5.82 Å². The molecule has 25 heavy (non-hydrogen) atoms. The zero-order valence-electron chi connectivity index (χ0n) is 15.7. The fourth-order valence-corrected chi connectivity index (χ4v) is 3.08. The van der Waals surface area contributed by atoms with Crippen molar-refractivity contribution in [3.8, 4) is 0 Å². The van der Waals surface area contributed by atoms with E-state index in [1.807, 2.05) is 6.20 Å². The Morgan fingerprint density at radius 3 is 2.64 bits per heavy atom. The van der Waals surface area contributed by atoms with Gasteiger partial charge >= 0.3 is 0 Å². The number of nitrogens with two attached hydrogens (primary N) is 1. The summed E-state index contributed by atoms with van der Waals surface area (Å²) in [6.07, 6.45) is 10.2. The summed E-state index contributed by atoms with van der Waals surface area (Å²) < 4.78 is 12.2. The monoisotopic (exact) mass is 349 g/mol. The average Bonchev–Trinajstić information content (AvgIpc) is 3.01. The topological polar surface area (TPSA) is 70.8 Å². The van der Waals surface area contributed by atoms with Crippen LogP contribution in [0.5, 0.6) is 0 Å². The van der Waals surface area contributed by atoms with E-state index in [1.54, 1.807) is 0 Å². The van der Waals surface area contributed by atoms with Gasteiger partial charge in [-0.1, -0.05) is 19.8 Å². The third kappa shape index (κ3) is 5.96. The maximum atomic E-state index is 12.2. The number of aromatic nitrogens is 3. The Balaban J connectivity index is 1.85. The summed E-state index contributed by atoms with van der Waals surface area (Å²) in [6.45, 7) is 3.81. The number of nitrogen functional groups attached to an aromatic ring is 1. The van der Waals surface area contributed by atoms with Gasteiger partial charge in [0.05, 0.1) is 12.2 Å². The molecule has 0 aliphatic rings. The van der Waals surface area contributed by atoms with Gasteiger partial charge in [-0.3, -0.25) is 4.39 Å². The molecule has 0 unspecified atom stereocenters. The van der Waals surface area contributed by atoms with Gasteiger partial charge in [-0.25, -0.2) is 9.97 Å². The highest BCUT2D eigenvalue weighted by atomic mass is 19.1. The summed E-state index contributed by atoms with van der Waals surface area (Å²) in [5.74, 6) is 1.40. The van der Waals surface area contributed by atoms with Crippen molar-refractivity contribution in [2.24, 2.45) is 0 Å². The van der Waals surface area contributed by atoms with Crippen molar-refractivity contribution in [2.45, 2.75) is 58.3 Å². The van der Waals surface area contributed by atoms with Gasteiger partial charge in [-0.15, -0.1) is 0 Å². The van der Waals surface area contributed by atoms with Crippen molar-refractivity contribution in [2.75, 3.05) is 32.5 Å². The van der Waals surface area contributed by atoms with E-state index in [2.05, 4.69) is 28.8 Å². The normalized spacial score (nSPS) is 11.7. The van der Waals surface area contributed by atoms with Crippen LogP contribution >= 0.6 is 0 Å². The van der Waals surface area contributed by atoms with Gasteiger partial charge in [0.25, 0.3) is 0 Å². The van der Waals surface area contributed by atoms with E-state index in [0.29, 0.717) is 12.2 Å². The summed E-state index contributed by atoms with van der Waals surface area (Å²) >= 11 is 0. The molecule has 0 fully saturated rings. The third-order valence-electron chi connectivity index (χ3n) is 4.59. The molecule has 0 saturated carbocycles. The lowest BCUT2D eigenvalue weighted by atomic mass is 10.1. The predicted molar refractivity (Wildman–Crippen MR) is 103 cm³/mol. The first-order chi connectivity index (χ1) is 12.2. The minimum Gasteiger partial charge on any atom is -0.382 e. The molecule has 0 aliphatic heterocycles. The Labute approximate surface area is 150 Å². The number of rotatable bonds is 12. The maximum Gasteiger partial charge on any atom is 0.151 e. The summed E-state index contributed by atoms with van der Waals surface area (Å²) in [5, 5.41) is 0. The van der Waals surface area contributed by atoms with E-state index in [9.17, 15) is 4.39 Å². The van der Waals surface area contributed by atoms with Crippen molar-refractivity contribution in [1.29, 1.82) is 0 Å². The van der Waals surface area contributed by atoms with Crippen LogP contribution in [0.4, 0.5) is 10.2 Å². The molecular formula is C19H32FN5. The van der Waals surface area contributed by atoms with Crippen LogP contribution in [0.3, 0.4) is 0 Å². The van der Waals surface area contributed by atoms with Crippen LogP contribution in [0, 0.1) is 0 Å². The lowest BCUT2D eigenvalue weighted by molar-refractivity contribution is 0.302. The van der Waals surface area contributed by atoms with Crippen molar-refractivity contribution in [3.63, 3.8) is 0 Å². The minimum absolute atomic E-state index is 0.226. The van der Waals surface area contributed by atoms with Gasteiger partial charge in [-0.2, -0.15) is 0 Å². The number of nitrogens with one attached hydrogen (secondary N) is 1. The molecule has 2 aromatic rings. The molecule has 0 spiro atoms. The van der Waals surface area contributed by atoms with Crippen LogP contribution in [-0.2, 0) is 12.8 Å². The number of aromatic amines is 1. The van der Waals surface area contributed by atoms with E-state index in [1.165, 1.54) is 5.56 Å². The Morgan fingerprint density at radius 2 is 1.88 bits per heavy atom. The predicted octanol–water partition coefficient (Wildman–Crippen LogP) is 3.89. The molecule has 2 heterocycles. The minimum atomic E-state index is -0.226. The van der Waals surface area contributed by atoms with Crippen LogP contribution in [0.25, 0.3) is 11.0 Å². The standard InChI is InChI=1S/C19H32FN5/c1-3-4-10-16-23-17-15(14-22-18(17)19(21)24-16)9-6-5-7-12-25(2)13-8-11-20/h14,22H,3-13H2,1-2H3,(H2,21,23,24). The Morgan fingerprint density at radius 1 is 1.08 bits per heavy atom. The van der Waals surface area contributed by atoms with Gasteiger partial charge in [0, 0.05) is 19.2 Å². The highest BCUT2D eigenvalue weighted by Gasteiger charge is 2.11. The maximum absolute atomic E-state index is 12.2. The van der Waals surface area contributed by atoms with Crippen molar-refractivity contribution in [1.82, 2.24) is 19.9 Å². The number of unbranched alkanes of at least 4 members (excludes halogenated alkanes) is 3. The summed E-state index contributed by atoms with van der Waals surface area (Å²) in [4.78, 5) is 14.6. The largest absolute Gasteiger partial charge is 0.382 e. The quantitative estimate of drug-likeness (QED) is 0.570. The van der Waals surface area contributed by atoms with Crippen LogP contribution in [-0.4, -0.2) is 46.7 Å². The van der Waals surface area contributed by atoms with Crippen molar-refractivity contribution in [3.05, 3.63) is 17.6 Å². The molecule has 5 nitrogen and oxygen atoms in total. The summed E-state index contributed by atoms with van der Waals surface area (Å²) in [6, 6.07) is 0. The number of aryl methyl sites for hydroxylation is 2. The molecule has 2 rings (SSSR count). The smallest absolute Gasteiger partial charge is 0.151 e. The van der Waals surface area contributed by atoms with E-state index in [0.717, 1.165) is 74.9 Å². The van der Waals surface area contributed by atoms with Crippen molar-refractivity contribution < 1.29 is 4.39 Å². The molecule has 0 amide bonds. The fourth-order valence-electron chi connectivity index (χ4n) is 3.08. The number of hydrogen-bond donors (Lipinski definition) is 2. The molecule has 0 aliphatic carbocycles. The number of nitrogens with zero attached hydrogens (tertiary/aromatic N) is 3. The van der Waals surface area contributed by atoms with Crippen LogP contribution < -0.4 is 5.73 Å². The number of anilines is 1. The second-order valence-electron chi connectivity index (χ2n) is 6.82. The molecule has 6 heteroatoms. The fraction of sp³-hybridized carbons (Fsp3) is 0.684. The SMILES string of the molecule is CCCCc1nc(N)c2[nH]cc(CCCCCN(C)CCCF)c2n1. The lowest BCUT2D eigenvalue weighted by Gasteiger charge is -2.15. The van der Waals surface area contributed by atoms with E-state index < -0.39 is 0 Å². The van der Waals surface area contributed by atoms with E-state index >= 15 is 0 Å². The molecular weight excluding hydrogens is 317 g/mol. The molecule has 0 bridgehead atoms. The lowest BCUT2D eigenvalue weighted by Crippen LogP contribution is -2.21. The highest BCUT2D eigenvalue weighted by molar-refractivity contribution is 5.87. The molecule has 0 radical (unpaired) electrons. The first-order valence-corrected chi connectivity index (χ1v) is 9.52. The van der Waals surface area contributed by atoms with Gasteiger partial charge in [0.2, 0.25) is 0 Å². The Hall–Kier alpha value is -1.69. The number of H-pyrrole nitrogens is 1. The zero-order chi connectivity index (χ0) is 18.1. The molecule has 0 saturated heterocycles. The molecule has 3 N–H and O–H groups in total. The van der Waals surface area contributed by atoms with Gasteiger partial charge in [0.1, 0.15) is 11.3 Å². The third-order valence-corrected chi connectivity index (χ3v) is 4.59. The molecule has 2 aromatic heterocycles. The Bertz CT molecular complexity index is 640. The highest BCUT2D eigenvalue weighted by Crippen LogP contribution is 2.22. The second-order valence-corrected chi connectivity index (χ2v) is 6.82. The van der Waals surface area contributed by atoms with Crippen LogP contribution in [0.1, 0.15) is 56.8 Å². The average molecular weight is 349 g/mol. The molecule has 140 valence electrons. The first kappa shape index (κ1) is 19.6. The Kier molecular flexibility index (Phi) is 8.12. The van der Waals surface area contributed by atoms with Gasteiger partial charge in [-0.05, 0) is 51.3 Å². The number of hydrogen-bond acceptors (Lipinski definition) is 4. The van der Waals surface area contributed by atoms with E-state index in [-0.39, 0.29) is 6.67 Å². The van der Waals surface area contributed by atoms with E-state index in [4.69, 9.17) is 10.7 Å². The molecule has 0 aromatic carbocycles. The van der Waals surface area contributed by atoms with Crippen LogP contribution in [0.15, 0.2) is 6.20 Å².